The molecule has 19 heteroatoms. The first kappa shape index (κ1) is 26.3. The lowest BCUT2D eigenvalue weighted by atomic mass is 9.92. The Kier molecular flexibility index (Phi) is 5.76. The van der Waals surface area contributed by atoms with Crippen molar-refractivity contribution in [3.8, 4) is 0 Å². The Morgan fingerprint density at radius 2 is 0.643 bits per heavy atom. The first-order chi connectivity index (χ1) is 11.7. The first-order valence-corrected chi connectivity index (χ1v) is 5.64. The number of carboxylic acids is 1. The van der Waals surface area contributed by atoms with Crippen molar-refractivity contribution in [1.29, 1.82) is 0 Å². The summed E-state index contributed by atoms with van der Waals surface area (Å²) in [7, 11) is 0. The molecule has 0 aromatic carbocycles. The average molecular weight is 466 g/mol. The maximum atomic E-state index is 13.0. The van der Waals surface area contributed by atoms with E-state index in [2.05, 4.69) is 0 Å². The van der Waals surface area contributed by atoms with Crippen molar-refractivity contribution in [1.82, 2.24) is 0 Å². The van der Waals surface area contributed by atoms with Crippen LogP contribution in [0.15, 0.2) is 0 Å². The first-order valence-electron chi connectivity index (χ1n) is 5.64. The molecule has 0 unspecified atom stereocenters. The highest BCUT2D eigenvalue weighted by Crippen LogP contribution is 2.63. The van der Waals surface area contributed by atoms with Gasteiger partial charge in [0, 0.05) is 0 Å². The maximum absolute atomic E-state index is 13.0. The number of alkyl halides is 17. The number of rotatable bonds is 7. The van der Waals surface area contributed by atoms with Gasteiger partial charge in [-0.1, -0.05) is 0 Å². The van der Waals surface area contributed by atoms with E-state index in [0.717, 1.165) is 0 Å². The van der Waals surface area contributed by atoms with Gasteiger partial charge in [-0.05, 0) is 0 Å². The van der Waals surface area contributed by atoms with E-state index in [9.17, 15) is 79.4 Å². The molecule has 0 amide bonds. The Labute approximate surface area is 139 Å². The molecule has 0 bridgehead atoms. The van der Waals surface area contributed by atoms with Crippen LogP contribution in [0, 0.1) is 0 Å². The van der Waals surface area contributed by atoms with Crippen LogP contribution in [0.1, 0.15) is 0 Å². The summed E-state index contributed by atoms with van der Waals surface area (Å²) < 4.78 is 214. The van der Waals surface area contributed by atoms with Crippen molar-refractivity contribution in [2.75, 3.05) is 0 Å². The van der Waals surface area contributed by atoms with Gasteiger partial charge in [-0.25, -0.2) is 4.79 Å². The van der Waals surface area contributed by atoms with Crippen molar-refractivity contribution >= 4 is 5.97 Å². The summed E-state index contributed by atoms with van der Waals surface area (Å²) in [5.74, 6) is -62.9. The third-order valence-electron chi connectivity index (χ3n) is 2.99. The van der Waals surface area contributed by atoms with Crippen molar-refractivity contribution in [2.45, 2.75) is 47.6 Å². The maximum Gasteiger partial charge on any atom is 0.460 e. The fraction of sp³-hybridized carbons (Fsp3) is 0.889. The third-order valence-corrected chi connectivity index (χ3v) is 2.99. The van der Waals surface area contributed by atoms with Gasteiger partial charge in [-0.3, -0.25) is 0 Å². The van der Waals surface area contributed by atoms with Gasteiger partial charge >= 0.3 is 53.6 Å². The second kappa shape index (κ2) is 6.14. The highest BCUT2D eigenvalue weighted by Gasteiger charge is 2.95. The topological polar surface area (TPSA) is 37.3 Å². The van der Waals surface area contributed by atoms with Crippen LogP contribution >= 0.6 is 0 Å². The molecule has 0 fully saturated rings. The Bertz CT molecular complexity index is 615. The summed E-state index contributed by atoms with van der Waals surface area (Å²) in [5, 5.41) is 7.59. The smallest absolute Gasteiger partial charge is 0.460 e. The molecule has 0 aromatic rings. The third kappa shape index (κ3) is 2.91. The highest BCUT2D eigenvalue weighted by molar-refractivity contribution is 5.77. The van der Waals surface area contributed by atoms with Gasteiger partial charge in [0.25, 0.3) is 0 Å². The van der Waals surface area contributed by atoms with Crippen LogP contribution in [-0.4, -0.2) is 58.7 Å². The molecule has 0 aliphatic rings. The van der Waals surface area contributed by atoms with Crippen LogP contribution in [-0.2, 0) is 4.79 Å². The van der Waals surface area contributed by atoms with Crippen LogP contribution < -0.4 is 0 Å². The highest BCUT2D eigenvalue weighted by atomic mass is 19.4. The monoisotopic (exact) mass is 466 g/mol. The molecule has 0 spiro atoms. The summed E-state index contributed by atoms with van der Waals surface area (Å²) in [5.41, 5.74) is 0. The lowest BCUT2D eigenvalue weighted by Crippen LogP contribution is -2.75. The molecule has 0 rings (SSSR count). The number of aliphatic carboxylic acids is 1. The van der Waals surface area contributed by atoms with Crippen molar-refractivity contribution in [3.05, 3.63) is 0 Å². The van der Waals surface area contributed by atoms with Gasteiger partial charge in [0.1, 0.15) is 0 Å². The summed E-state index contributed by atoms with van der Waals surface area (Å²) in [6.45, 7) is 0. The van der Waals surface area contributed by atoms with Gasteiger partial charge in [-0.2, -0.15) is 74.6 Å². The summed E-state index contributed by atoms with van der Waals surface area (Å²) in [6, 6.07) is 0. The summed E-state index contributed by atoms with van der Waals surface area (Å²) >= 11 is 0. The van der Waals surface area contributed by atoms with Gasteiger partial charge in [0.05, 0.1) is 0 Å². The van der Waals surface area contributed by atoms with E-state index >= 15 is 0 Å². The minimum Gasteiger partial charge on any atom is -0.477 e. The largest absolute Gasteiger partial charge is 0.477 e. The number of halogens is 17. The van der Waals surface area contributed by atoms with Crippen LogP contribution in [0.5, 0.6) is 0 Å². The number of hydrogen-bond acceptors (Lipinski definition) is 1. The lowest BCUT2D eigenvalue weighted by Gasteiger charge is -2.42. The zero-order valence-corrected chi connectivity index (χ0v) is 11.8. The number of carboxylic acid groups (broad SMARTS) is 1. The molecular formula is C9HF17O2. The Balaban J connectivity index is 6.76. The van der Waals surface area contributed by atoms with E-state index in [4.69, 9.17) is 5.11 Å². The number of hydrogen-bond donors (Lipinski definition) is 1. The number of carbonyl (C=O) groups is 1. The van der Waals surface area contributed by atoms with Gasteiger partial charge < -0.3 is 5.11 Å². The van der Waals surface area contributed by atoms with E-state index in [-0.39, 0.29) is 0 Å². The summed E-state index contributed by atoms with van der Waals surface area (Å²) in [6.07, 6.45) is -7.83. The molecule has 0 saturated heterocycles. The Hall–Kier alpha value is -1.72. The fourth-order valence-corrected chi connectivity index (χ4v) is 1.30. The van der Waals surface area contributed by atoms with Crippen LogP contribution in [0.4, 0.5) is 74.6 Å². The van der Waals surface area contributed by atoms with E-state index in [1.165, 1.54) is 0 Å². The van der Waals surface area contributed by atoms with E-state index in [0.29, 0.717) is 0 Å². The van der Waals surface area contributed by atoms with Gasteiger partial charge in [-0.15, -0.1) is 0 Å². The zero-order chi connectivity index (χ0) is 23.6. The Morgan fingerprint density at radius 1 is 0.429 bits per heavy atom. The van der Waals surface area contributed by atoms with Gasteiger partial charge in [0.2, 0.25) is 0 Å². The minimum absolute atomic E-state index is 4.39. The SMILES string of the molecule is O=[13C](O)[13C](F)(F)C(F)(F)C(F)(F)C(F)(F)C(F)(F)C(F)(F)C(F)(F)C(F)(F)F. The fourth-order valence-electron chi connectivity index (χ4n) is 1.30. The minimum atomic E-state index is -8.76. The molecule has 0 radical (unpaired) electrons. The molecule has 0 aliphatic carbocycles. The van der Waals surface area contributed by atoms with E-state index < -0.39 is 53.6 Å². The van der Waals surface area contributed by atoms with E-state index in [1.54, 1.807) is 0 Å². The zero-order valence-electron chi connectivity index (χ0n) is 11.8. The van der Waals surface area contributed by atoms with E-state index in [1.807, 2.05) is 0 Å². The predicted molar refractivity (Wildman–Crippen MR) is 48.3 cm³/mol. The summed E-state index contributed by atoms with van der Waals surface area (Å²) in [4.78, 5) is 9.77. The van der Waals surface area contributed by atoms with Crippen molar-refractivity contribution in [3.63, 3.8) is 0 Å². The Morgan fingerprint density at radius 3 is 0.857 bits per heavy atom. The second-order valence-corrected chi connectivity index (χ2v) is 4.82. The van der Waals surface area contributed by atoms with Crippen molar-refractivity contribution in [2.24, 2.45) is 0 Å². The predicted octanol–water partition coefficient (Wildman–Crippen LogP) is 5.08. The van der Waals surface area contributed by atoms with Crippen LogP contribution in [0.3, 0.4) is 0 Å². The normalized spacial score (nSPS) is 16.3. The molecule has 168 valence electrons. The standard InChI is InChI=1S/C9HF17O2/c10-2(11,1(27)28)3(12,13)4(14,15)5(16,17)6(18,19)7(20,21)8(22,23)9(24,25)26/h(H,27,28)/i1+1,2+1. The molecule has 0 atom stereocenters. The molecule has 2 nitrogen and oxygen atoms in total. The van der Waals surface area contributed by atoms with Gasteiger partial charge in [0.15, 0.2) is 0 Å². The molecule has 0 heterocycles. The average Bonchev–Trinajstić information content (AvgIpc) is 2.44. The van der Waals surface area contributed by atoms with Crippen molar-refractivity contribution < 1.29 is 84.5 Å². The molecule has 0 aromatic heterocycles. The molecule has 1 N–H and O–H groups in total. The second-order valence-electron chi connectivity index (χ2n) is 4.82. The molecule has 0 saturated carbocycles. The van der Waals surface area contributed by atoms with Crippen LogP contribution in [0.2, 0.25) is 0 Å². The lowest BCUT2D eigenvalue weighted by molar-refractivity contribution is -0.459. The molecular weight excluding hydrogens is 465 g/mol. The molecule has 0 aliphatic heterocycles. The quantitative estimate of drug-likeness (QED) is 0.420. The van der Waals surface area contributed by atoms with Crippen LogP contribution in [0.25, 0.3) is 0 Å². The molecule has 28 heavy (non-hydrogen) atoms.